The number of benzene rings is 3. The Morgan fingerprint density at radius 3 is 2.32 bits per heavy atom. The van der Waals surface area contributed by atoms with E-state index in [2.05, 4.69) is 24.4 Å². The van der Waals surface area contributed by atoms with E-state index >= 15 is 0 Å². The van der Waals surface area contributed by atoms with Crippen molar-refractivity contribution in [3.05, 3.63) is 100 Å². The van der Waals surface area contributed by atoms with Crippen LogP contribution in [0, 0.1) is 5.82 Å². The predicted molar refractivity (Wildman–Crippen MR) is 132 cm³/mol. The van der Waals surface area contributed by atoms with E-state index in [1.54, 1.807) is 6.07 Å². The van der Waals surface area contributed by atoms with Gasteiger partial charge < -0.3 is 0 Å². The first-order valence-corrected chi connectivity index (χ1v) is 12.4. The molecule has 3 aromatic rings. The summed E-state index contributed by atoms with van der Waals surface area (Å²) in [7, 11) is -4.12. The van der Waals surface area contributed by atoms with Gasteiger partial charge in [-0.05, 0) is 47.4 Å². The fourth-order valence-electron chi connectivity index (χ4n) is 3.14. The number of rotatable bonds is 9. The molecule has 0 radical (unpaired) electrons. The van der Waals surface area contributed by atoms with Crippen LogP contribution in [0.3, 0.4) is 0 Å². The second-order valence-electron chi connectivity index (χ2n) is 7.93. The minimum atomic E-state index is -4.12. The third kappa shape index (κ3) is 6.72. The van der Waals surface area contributed by atoms with Gasteiger partial charge in [0.05, 0.1) is 17.7 Å². The van der Waals surface area contributed by atoms with Crippen molar-refractivity contribution in [2.45, 2.75) is 31.2 Å². The Morgan fingerprint density at radius 2 is 1.71 bits per heavy atom. The van der Waals surface area contributed by atoms with Gasteiger partial charge in [-0.3, -0.25) is 4.79 Å². The molecule has 0 bridgehead atoms. The molecule has 1 N–H and O–H groups in total. The molecule has 0 aromatic heterocycles. The van der Waals surface area contributed by atoms with Gasteiger partial charge in [0.15, 0.2) is 0 Å². The van der Waals surface area contributed by atoms with Crippen LogP contribution in [0.15, 0.2) is 82.8 Å². The largest absolute Gasteiger partial charge is 0.272 e. The van der Waals surface area contributed by atoms with E-state index in [4.69, 9.17) is 11.6 Å². The summed E-state index contributed by atoms with van der Waals surface area (Å²) in [6.07, 6.45) is 1.47. The highest BCUT2D eigenvalue weighted by Gasteiger charge is 2.27. The summed E-state index contributed by atoms with van der Waals surface area (Å²) in [5.74, 6) is -0.834. The Kier molecular flexibility index (Phi) is 8.55. The Labute approximate surface area is 204 Å². The maximum Gasteiger partial charge on any atom is 0.255 e. The molecule has 0 heterocycles. The Bertz CT molecular complexity index is 1260. The van der Waals surface area contributed by atoms with Crippen LogP contribution >= 0.6 is 11.6 Å². The van der Waals surface area contributed by atoms with Crippen LogP contribution in [0.5, 0.6) is 0 Å². The number of hydrogen-bond acceptors (Lipinski definition) is 4. The zero-order valence-electron chi connectivity index (χ0n) is 18.8. The first-order chi connectivity index (χ1) is 16.2. The molecule has 178 valence electrons. The van der Waals surface area contributed by atoms with Gasteiger partial charge in [0.25, 0.3) is 5.91 Å². The van der Waals surface area contributed by atoms with E-state index in [9.17, 15) is 17.6 Å². The van der Waals surface area contributed by atoms with Crippen molar-refractivity contribution in [2.24, 2.45) is 5.10 Å². The van der Waals surface area contributed by atoms with Crippen LogP contribution in [0.2, 0.25) is 5.02 Å². The summed E-state index contributed by atoms with van der Waals surface area (Å²) in [5.41, 5.74) is 4.44. The SMILES string of the molecule is CC(C)c1ccc(/C=N/NC(=O)CN(Cc2ccccc2F)S(=O)(=O)c2ccc(Cl)cc2)cc1. The Balaban J connectivity index is 1.77. The molecule has 1 amide bonds. The van der Waals surface area contributed by atoms with Crippen molar-refractivity contribution in [1.82, 2.24) is 9.73 Å². The van der Waals surface area contributed by atoms with Crippen molar-refractivity contribution in [1.29, 1.82) is 0 Å². The monoisotopic (exact) mass is 501 g/mol. The molecule has 0 fully saturated rings. The maximum atomic E-state index is 14.2. The van der Waals surface area contributed by atoms with Crippen molar-refractivity contribution >= 4 is 33.7 Å². The summed E-state index contributed by atoms with van der Waals surface area (Å²) in [4.78, 5) is 12.5. The fourth-order valence-corrected chi connectivity index (χ4v) is 4.64. The zero-order chi connectivity index (χ0) is 24.7. The molecular weight excluding hydrogens is 477 g/mol. The van der Waals surface area contributed by atoms with E-state index in [0.717, 1.165) is 9.87 Å². The first-order valence-electron chi connectivity index (χ1n) is 10.6. The lowest BCUT2D eigenvalue weighted by Gasteiger charge is -2.21. The van der Waals surface area contributed by atoms with Crippen LogP contribution in [0.4, 0.5) is 4.39 Å². The van der Waals surface area contributed by atoms with Gasteiger partial charge in [0.2, 0.25) is 10.0 Å². The maximum absolute atomic E-state index is 14.2. The molecule has 6 nitrogen and oxygen atoms in total. The highest BCUT2D eigenvalue weighted by Crippen LogP contribution is 2.21. The summed E-state index contributed by atoms with van der Waals surface area (Å²) in [6.45, 7) is 3.30. The molecule has 0 spiro atoms. The van der Waals surface area contributed by atoms with Crippen molar-refractivity contribution in [3.63, 3.8) is 0 Å². The molecule has 34 heavy (non-hydrogen) atoms. The molecule has 0 aliphatic carbocycles. The topological polar surface area (TPSA) is 78.8 Å². The predicted octanol–water partition coefficient (Wildman–Crippen LogP) is 4.94. The smallest absolute Gasteiger partial charge is 0.255 e. The number of carbonyl (C=O) groups is 1. The number of amides is 1. The van der Waals surface area contributed by atoms with Gasteiger partial charge in [0, 0.05) is 17.1 Å². The number of carbonyl (C=O) groups excluding carboxylic acids is 1. The number of nitrogens with zero attached hydrogens (tertiary/aromatic N) is 2. The van der Waals surface area contributed by atoms with Gasteiger partial charge >= 0.3 is 0 Å². The summed E-state index contributed by atoms with van der Waals surface area (Å²) in [6, 6.07) is 19.0. The lowest BCUT2D eigenvalue weighted by molar-refractivity contribution is -0.121. The van der Waals surface area contributed by atoms with E-state index in [0.29, 0.717) is 10.9 Å². The zero-order valence-corrected chi connectivity index (χ0v) is 20.4. The third-order valence-corrected chi connectivity index (χ3v) is 7.14. The van der Waals surface area contributed by atoms with Gasteiger partial charge in [-0.25, -0.2) is 18.2 Å². The van der Waals surface area contributed by atoms with Crippen LogP contribution in [0.1, 0.15) is 36.5 Å². The fraction of sp³-hybridized carbons (Fsp3) is 0.200. The molecule has 0 saturated carbocycles. The molecule has 3 aromatic carbocycles. The summed E-state index contributed by atoms with van der Waals surface area (Å²) >= 11 is 5.87. The van der Waals surface area contributed by atoms with Crippen molar-refractivity contribution in [3.8, 4) is 0 Å². The molecule has 0 unspecified atom stereocenters. The van der Waals surface area contributed by atoms with E-state index in [1.165, 1.54) is 54.2 Å². The molecule has 0 atom stereocenters. The number of hydrazone groups is 1. The molecule has 9 heteroatoms. The lowest BCUT2D eigenvalue weighted by Crippen LogP contribution is -2.39. The van der Waals surface area contributed by atoms with E-state index in [1.807, 2.05) is 24.3 Å². The minimum Gasteiger partial charge on any atom is -0.272 e. The molecule has 0 saturated heterocycles. The van der Waals surface area contributed by atoms with Gasteiger partial charge in [-0.1, -0.05) is 67.9 Å². The molecule has 0 aliphatic rings. The standard InChI is InChI=1S/C25H25ClFN3O3S/c1-18(2)20-9-7-19(8-10-20)15-28-29-25(31)17-30(16-21-5-3-4-6-24(21)27)34(32,33)23-13-11-22(26)12-14-23/h3-15,18H,16-17H2,1-2H3,(H,29,31)/b28-15+. The summed E-state index contributed by atoms with van der Waals surface area (Å²) < 4.78 is 41.6. The highest BCUT2D eigenvalue weighted by atomic mass is 35.5. The quantitative estimate of drug-likeness (QED) is 0.333. The number of nitrogens with one attached hydrogen (secondary N) is 1. The average molecular weight is 502 g/mol. The number of sulfonamides is 1. The molecule has 0 aliphatic heterocycles. The lowest BCUT2D eigenvalue weighted by atomic mass is 10.0. The van der Waals surface area contributed by atoms with Gasteiger partial charge in [-0.2, -0.15) is 9.41 Å². The number of hydrogen-bond donors (Lipinski definition) is 1. The van der Waals surface area contributed by atoms with Crippen LogP contribution in [-0.2, 0) is 21.4 Å². The number of halogens is 2. The first kappa shape index (κ1) is 25.6. The molecular formula is C25H25ClFN3O3S. The van der Waals surface area contributed by atoms with Crippen LogP contribution < -0.4 is 5.43 Å². The normalized spacial score (nSPS) is 11.9. The van der Waals surface area contributed by atoms with E-state index < -0.39 is 28.3 Å². The van der Waals surface area contributed by atoms with Crippen LogP contribution in [-0.4, -0.2) is 31.4 Å². The van der Waals surface area contributed by atoms with Crippen LogP contribution in [0.25, 0.3) is 0 Å². The Hall–Kier alpha value is -3.07. The minimum absolute atomic E-state index is 0.0604. The average Bonchev–Trinajstić information content (AvgIpc) is 2.80. The Morgan fingerprint density at radius 1 is 1.06 bits per heavy atom. The molecule has 3 rings (SSSR count). The second-order valence-corrected chi connectivity index (χ2v) is 10.3. The van der Waals surface area contributed by atoms with Crippen molar-refractivity contribution < 1.29 is 17.6 Å². The summed E-state index contributed by atoms with van der Waals surface area (Å²) in [5, 5.41) is 4.29. The third-order valence-electron chi connectivity index (χ3n) is 5.08. The highest BCUT2D eigenvalue weighted by molar-refractivity contribution is 7.89. The van der Waals surface area contributed by atoms with E-state index in [-0.39, 0.29) is 17.0 Å². The second kappa shape index (κ2) is 11.4. The van der Waals surface area contributed by atoms with Gasteiger partial charge in [-0.15, -0.1) is 0 Å². The van der Waals surface area contributed by atoms with Gasteiger partial charge in [0.1, 0.15) is 5.82 Å². The van der Waals surface area contributed by atoms with Crippen molar-refractivity contribution in [2.75, 3.05) is 6.54 Å².